The fraction of sp³-hybridized carbons (Fsp3) is 0.833. The molecule has 1 fully saturated rings. The van der Waals surface area contributed by atoms with Crippen LogP contribution in [-0.2, 0) is 14.3 Å². The van der Waals surface area contributed by atoms with Crippen LogP contribution in [0.2, 0.25) is 0 Å². The van der Waals surface area contributed by atoms with Crippen molar-refractivity contribution in [3.05, 3.63) is 0 Å². The van der Waals surface area contributed by atoms with Crippen molar-refractivity contribution in [2.75, 3.05) is 6.61 Å². The second-order valence-electron chi connectivity index (χ2n) is 4.35. The van der Waals surface area contributed by atoms with E-state index in [9.17, 15) is 14.7 Å². The average Bonchev–Trinajstić information content (AvgIpc) is 2.28. The maximum absolute atomic E-state index is 11.9. The monoisotopic (exact) mass is 228 g/mol. The van der Waals surface area contributed by atoms with Gasteiger partial charge in [-0.3, -0.25) is 9.59 Å². The molecule has 1 rings (SSSR count). The van der Waals surface area contributed by atoms with Crippen LogP contribution in [0.1, 0.15) is 46.0 Å². The fourth-order valence-corrected chi connectivity index (χ4v) is 2.70. The molecule has 4 nitrogen and oxygen atoms in total. The molecule has 0 spiro atoms. The van der Waals surface area contributed by atoms with Crippen LogP contribution in [0, 0.1) is 11.3 Å². The molecule has 0 bridgehead atoms. The van der Waals surface area contributed by atoms with Gasteiger partial charge in [-0.1, -0.05) is 26.2 Å². The Hall–Kier alpha value is -1.06. The molecule has 1 aliphatic rings. The van der Waals surface area contributed by atoms with Crippen LogP contribution >= 0.6 is 0 Å². The lowest BCUT2D eigenvalue weighted by atomic mass is 9.65. The first kappa shape index (κ1) is 13.0. The summed E-state index contributed by atoms with van der Waals surface area (Å²) in [6, 6.07) is 0. The third-order valence-electron chi connectivity index (χ3n) is 3.58. The van der Waals surface area contributed by atoms with Gasteiger partial charge in [-0.25, -0.2) is 0 Å². The van der Waals surface area contributed by atoms with Gasteiger partial charge in [-0.2, -0.15) is 0 Å². The number of carboxylic acid groups (broad SMARTS) is 1. The summed E-state index contributed by atoms with van der Waals surface area (Å²) in [6.45, 7) is 3.88. The van der Waals surface area contributed by atoms with Crippen LogP contribution < -0.4 is 0 Å². The molecular weight excluding hydrogens is 208 g/mol. The number of carboxylic acids is 1. The molecule has 92 valence electrons. The Kier molecular flexibility index (Phi) is 4.33. The molecule has 0 aromatic heterocycles. The Morgan fingerprint density at radius 3 is 2.56 bits per heavy atom. The van der Waals surface area contributed by atoms with Gasteiger partial charge in [0.2, 0.25) is 0 Å². The first-order valence-corrected chi connectivity index (χ1v) is 6.00. The molecule has 0 aliphatic heterocycles. The minimum absolute atomic E-state index is 0.0854. The minimum atomic E-state index is -1.29. The van der Waals surface area contributed by atoms with E-state index >= 15 is 0 Å². The standard InChI is InChI=1S/C12H20O4/c1-3-9-7-5-6-8-12(9,10(13)14)11(15)16-4-2/h9H,3-8H2,1-2H3,(H,13,14). The van der Waals surface area contributed by atoms with Gasteiger partial charge >= 0.3 is 11.9 Å². The lowest BCUT2D eigenvalue weighted by Gasteiger charge is -2.38. The second-order valence-corrected chi connectivity index (χ2v) is 4.35. The predicted octanol–water partition coefficient (Wildman–Crippen LogP) is 2.22. The van der Waals surface area contributed by atoms with E-state index < -0.39 is 17.4 Å². The Balaban J connectivity index is 3.01. The van der Waals surface area contributed by atoms with E-state index in [4.69, 9.17) is 4.74 Å². The van der Waals surface area contributed by atoms with Gasteiger partial charge in [0.15, 0.2) is 5.41 Å². The molecule has 16 heavy (non-hydrogen) atoms. The molecule has 0 saturated heterocycles. The molecular formula is C12H20O4. The van der Waals surface area contributed by atoms with Crippen molar-refractivity contribution in [2.24, 2.45) is 11.3 Å². The minimum Gasteiger partial charge on any atom is -0.480 e. The summed E-state index contributed by atoms with van der Waals surface area (Å²) in [5.74, 6) is -1.65. The van der Waals surface area contributed by atoms with Crippen LogP contribution in [0.5, 0.6) is 0 Å². The van der Waals surface area contributed by atoms with Crippen LogP contribution in [0.3, 0.4) is 0 Å². The highest BCUT2D eigenvalue weighted by Crippen LogP contribution is 2.44. The van der Waals surface area contributed by atoms with E-state index in [1.165, 1.54) is 0 Å². The van der Waals surface area contributed by atoms with E-state index in [-0.39, 0.29) is 12.5 Å². The van der Waals surface area contributed by atoms with Crippen molar-refractivity contribution in [1.29, 1.82) is 0 Å². The van der Waals surface area contributed by atoms with Crippen molar-refractivity contribution >= 4 is 11.9 Å². The van der Waals surface area contributed by atoms with Gasteiger partial charge in [0, 0.05) is 0 Å². The number of rotatable bonds is 4. The van der Waals surface area contributed by atoms with Crippen molar-refractivity contribution in [3.63, 3.8) is 0 Å². The molecule has 0 aromatic rings. The van der Waals surface area contributed by atoms with Crippen molar-refractivity contribution in [1.82, 2.24) is 0 Å². The van der Waals surface area contributed by atoms with Crippen molar-refractivity contribution < 1.29 is 19.4 Å². The quantitative estimate of drug-likeness (QED) is 0.592. The SMILES string of the molecule is CCOC(=O)C1(C(=O)O)CCCCC1CC. The lowest BCUT2D eigenvalue weighted by Crippen LogP contribution is -2.48. The Morgan fingerprint density at radius 1 is 1.38 bits per heavy atom. The summed E-state index contributed by atoms with van der Waals surface area (Å²) in [5.41, 5.74) is -1.29. The van der Waals surface area contributed by atoms with E-state index in [0.29, 0.717) is 12.8 Å². The van der Waals surface area contributed by atoms with Crippen LogP contribution in [0.15, 0.2) is 0 Å². The Morgan fingerprint density at radius 2 is 2.06 bits per heavy atom. The molecule has 2 atom stereocenters. The number of aliphatic carboxylic acids is 1. The largest absolute Gasteiger partial charge is 0.480 e. The number of hydrogen-bond donors (Lipinski definition) is 1. The smallest absolute Gasteiger partial charge is 0.323 e. The number of hydrogen-bond acceptors (Lipinski definition) is 3. The normalized spacial score (nSPS) is 29.8. The number of esters is 1. The second kappa shape index (κ2) is 5.32. The summed E-state index contributed by atoms with van der Waals surface area (Å²) in [6.07, 6.45) is 3.74. The predicted molar refractivity (Wildman–Crippen MR) is 59.0 cm³/mol. The van der Waals surface area contributed by atoms with E-state index in [1.807, 2.05) is 6.92 Å². The number of ether oxygens (including phenoxy) is 1. The third-order valence-corrected chi connectivity index (χ3v) is 3.58. The molecule has 1 saturated carbocycles. The van der Waals surface area contributed by atoms with Crippen molar-refractivity contribution in [3.8, 4) is 0 Å². The van der Waals surface area contributed by atoms with Gasteiger partial charge < -0.3 is 9.84 Å². The molecule has 0 amide bonds. The van der Waals surface area contributed by atoms with Gasteiger partial charge in [0.25, 0.3) is 0 Å². The molecule has 0 radical (unpaired) electrons. The van der Waals surface area contributed by atoms with Crippen LogP contribution in [-0.4, -0.2) is 23.7 Å². The summed E-state index contributed by atoms with van der Waals surface area (Å²) in [7, 11) is 0. The molecule has 2 unspecified atom stereocenters. The summed E-state index contributed by atoms with van der Waals surface area (Å²) in [5, 5.41) is 9.39. The highest BCUT2D eigenvalue weighted by atomic mass is 16.5. The summed E-state index contributed by atoms with van der Waals surface area (Å²) >= 11 is 0. The first-order valence-electron chi connectivity index (χ1n) is 6.00. The zero-order chi connectivity index (χ0) is 12.2. The van der Waals surface area contributed by atoms with Crippen LogP contribution in [0.25, 0.3) is 0 Å². The Bertz CT molecular complexity index is 274. The zero-order valence-electron chi connectivity index (χ0n) is 9.99. The lowest BCUT2D eigenvalue weighted by molar-refractivity contribution is -0.176. The fourth-order valence-electron chi connectivity index (χ4n) is 2.70. The van der Waals surface area contributed by atoms with Gasteiger partial charge in [0.1, 0.15) is 0 Å². The van der Waals surface area contributed by atoms with Gasteiger partial charge in [-0.15, -0.1) is 0 Å². The maximum atomic E-state index is 11.9. The highest BCUT2D eigenvalue weighted by Gasteiger charge is 2.53. The molecule has 0 aromatic carbocycles. The highest BCUT2D eigenvalue weighted by molar-refractivity contribution is 5.99. The summed E-state index contributed by atoms with van der Waals surface area (Å²) < 4.78 is 4.96. The van der Waals surface area contributed by atoms with Gasteiger partial charge in [-0.05, 0) is 25.7 Å². The number of carbonyl (C=O) groups is 2. The van der Waals surface area contributed by atoms with E-state index in [0.717, 1.165) is 19.3 Å². The van der Waals surface area contributed by atoms with E-state index in [2.05, 4.69) is 0 Å². The Labute approximate surface area is 96.0 Å². The topological polar surface area (TPSA) is 63.6 Å². The van der Waals surface area contributed by atoms with Crippen LogP contribution in [0.4, 0.5) is 0 Å². The van der Waals surface area contributed by atoms with Crippen molar-refractivity contribution in [2.45, 2.75) is 46.0 Å². The van der Waals surface area contributed by atoms with Gasteiger partial charge in [0.05, 0.1) is 6.61 Å². The zero-order valence-corrected chi connectivity index (χ0v) is 9.99. The third kappa shape index (κ3) is 2.06. The summed E-state index contributed by atoms with van der Waals surface area (Å²) in [4.78, 5) is 23.4. The average molecular weight is 228 g/mol. The van der Waals surface area contributed by atoms with E-state index in [1.54, 1.807) is 6.92 Å². The maximum Gasteiger partial charge on any atom is 0.323 e. The molecule has 1 N–H and O–H groups in total. The molecule has 0 heterocycles. The molecule has 1 aliphatic carbocycles. The first-order chi connectivity index (χ1) is 7.59. The number of carbonyl (C=O) groups excluding carboxylic acids is 1. The molecule has 4 heteroatoms.